The standard InChI is InChI=1S/C17H21NO5S3/c1-23-13-4-6-15(7-5-13)26(21,22)17-12-25(19,20)11-16(17)18-9-8-14-3-2-10-24-14/h2-7,10,16-18H,8-9,11-12H2,1H3. The Morgan fingerprint density at radius 1 is 1.19 bits per heavy atom. The molecule has 2 heterocycles. The van der Waals surface area contributed by atoms with Gasteiger partial charge in [-0.2, -0.15) is 0 Å². The lowest BCUT2D eigenvalue weighted by Gasteiger charge is -2.20. The van der Waals surface area contributed by atoms with Crippen molar-refractivity contribution in [3.8, 4) is 5.75 Å². The second kappa shape index (κ2) is 7.67. The molecule has 9 heteroatoms. The minimum Gasteiger partial charge on any atom is -0.497 e. The van der Waals surface area contributed by atoms with Crippen LogP contribution in [0.25, 0.3) is 0 Å². The number of hydrogen-bond acceptors (Lipinski definition) is 7. The van der Waals surface area contributed by atoms with E-state index in [1.807, 2.05) is 17.5 Å². The van der Waals surface area contributed by atoms with E-state index in [0.29, 0.717) is 12.3 Å². The van der Waals surface area contributed by atoms with Crippen LogP contribution in [0.5, 0.6) is 5.75 Å². The maximum absolute atomic E-state index is 13.0. The van der Waals surface area contributed by atoms with E-state index in [9.17, 15) is 16.8 Å². The van der Waals surface area contributed by atoms with E-state index in [4.69, 9.17) is 4.74 Å². The van der Waals surface area contributed by atoms with Crippen molar-refractivity contribution >= 4 is 31.0 Å². The molecule has 0 spiro atoms. The predicted molar refractivity (Wildman–Crippen MR) is 102 cm³/mol. The summed E-state index contributed by atoms with van der Waals surface area (Å²) in [5, 5.41) is 4.14. The molecule has 0 aliphatic carbocycles. The molecule has 3 rings (SSSR count). The third kappa shape index (κ3) is 4.28. The fraction of sp³-hybridized carbons (Fsp3) is 0.412. The topological polar surface area (TPSA) is 89.5 Å². The highest BCUT2D eigenvalue weighted by Crippen LogP contribution is 2.27. The van der Waals surface area contributed by atoms with Gasteiger partial charge in [-0.3, -0.25) is 0 Å². The zero-order valence-electron chi connectivity index (χ0n) is 14.3. The number of thiophene rings is 1. The summed E-state index contributed by atoms with van der Waals surface area (Å²) in [5.74, 6) is 0.0452. The summed E-state index contributed by atoms with van der Waals surface area (Å²) in [5.41, 5.74) is 0. The average Bonchev–Trinajstić information content (AvgIpc) is 3.22. The molecule has 0 saturated carbocycles. The van der Waals surface area contributed by atoms with Gasteiger partial charge in [0.05, 0.1) is 28.8 Å². The summed E-state index contributed by atoms with van der Waals surface area (Å²) in [6.07, 6.45) is 0.740. The maximum atomic E-state index is 13.0. The lowest BCUT2D eigenvalue weighted by molar-refractivity contribution is 0.414. The van der Waals surface area contributed by atoms with E-state index in [-0.39, 0.29) is 16.4 Å². The van der Waals surface area contributed by atoms with Crippen molar-refractivity contribution in [2.75, 3.05) is 25.2 Å². The highest BCUT2D eigenvalue weighted by Gasteiger charge is 2.45. The Kier molecular flexibility index (Phi) is 5.71. The van der Waals surface area contributed by atoms with Crippen molar-refractivity contribution in [1.82, 2.24) is 5.32 Å². The number of sulfone groups is 2. The molecule has 1 saturated heterocycles. The van der Waals surface area contributed by atoms with Gasteiger partial charge in [-0.05, 0) is 42.1 Å². The molecular weight excluding hydrogens is 394 g/mol. The second-order valence-corrected chi connectivity index (χ2v) is 11.6. The summed E-state index contributed by atoms with van der Waals surface area (Å²) >= 11 is 1.62. The van der Waals surface area contributed by atoms with E-state index >= 15 is 0 Å². The Labute approximate surface area is 158 Å². The Bertz CT molecular complexity index is 935. The van der Waals surface area contributed by atoms with E-state index < -0.39 is 31.0 Å². The molecule has 1 aliphatic heterocycles. The first-order valence-corrected chi connectivity index (χ1v) is 12.4. The number of methoxy groups -OCH3 is 1. The van der Waals surface area contributed by atoms with Crippen molar-refractivity contribution in [3.63, 3.8) is 0 Å². The first-order valence-electron chi connectivity index (χ1n) is 8.16. The molecule has 142 valence electrons. The van der Waals surface area contributed by atoms with Gasteiger partial charge in [-0.25, -0.2) is 16.8 Å². The SMILES string of the molecule is COc1ccc(S(=O)(=O)C2CS(=O)(=O)CC2NCCc2cccs2)cc1. The monoisotopic (exact) mass is 415 g/mol. The molecule has 0 amide bonds. The minimum absolute atomic E-state index is 0.116. The molecule has 1 N–H and O–H groups in total. The summed E-state index contributed by atoms with van der Waals surface area (Å²) in [4.78, 5) is 1.29. The number of ether oxygens (including phenoxy) is 1. The fourth-order valence-corrected chi connectivity index (χ4v) is 8.51. The van der Waals surface area contributed by atoms with Crippen molar-refractivity contribution in [2.24, 2.45) is 0 Å². The highest BCUT2D eigenvalue weighted by atomic mass is 32.2. The molecule has 1 aliphatic rings. The van der Waals surface area contributed by atoms with Crippen LogP contribution in [0.1, 0.15) is 4.88 Å². The predicted octanol–water partition coefficient (Wildman–Crippen LogP) is 1.53. The quantitative estimate of drug-likeness (QED) is 0.738. The fourth-order valence-electron chi connectivity index (χ4n) is 3.09. The van der Waals surface area contributed by atoms with Crippen LogP contribution in [-0.2, 0) is 26.1 Å². The third-order valence-electron chi connectivity index (χ3n) is 4.45. The molecule has 0 bridgehead atoms. The molecule has 2 aromatic rings. The van der Waals surface area contributed by atoms with E-state index in [1.165, 1.54) is 24.1 Å². The van der Waals surface area contributed by atoms with Gasteiger partial charge < -0.3 is 10.1 Å². The summed E-state index contributed by atoms with van der Waals surface area (Å²) in [6.45, 7) is 0.537. The van der Waals surface area contributed by atoms with Crippen molar-refractivity contribution < 1.29 is 21.6 Å². The van der Waals surface area contributed by atoms with Gasteiger partial charge in [0.2, 0.25) is 0 Å². The largest absolute Gasteiger partial charge is 0.497 e. The third-order valence-corrected chi connectivity index (χ3v) is 9.55. The lowest BCUT2D eigenvalue weighted by Crippen LogP contribution is -2.44. The van der Waals surface area contributed by atoms with Crippen molar-refractivity contribution in [2.45, 2.75) is 22.6 Å². The lowest BCUT2D eigenvalue weighted by atomic mass is 10.2. The Morgan fingerprint density at radius 2 is 1.92 bits per heavy atom. The van der Waals surface area contributed by atoms with Gasteiger partial charge in [-0.1, -0.05) is 6.07 Å². The average molecular weight is 416 g/mol. The Balaban J connectivity index is 1.77. The van der Waals surface area contributed by atoms with Crippen LogP contribution in [0.4, 0.5) is 0 Å². The van der Waals surface area contributed by atoms with Gasteiger partial charge >= 0.3 is 0 Å². The van der Waals surface area contributed by atoms with Crippen molar-refractivity contribution in [3.05, 3.63) is 46.7 Å². The Hall–Kier alpha value is -1.42. The Morgan fingerprint density at radius 3 is 2.54 bits per heavy atom. The molecule has 1 fully saturated rings. The van der Waals surface area contributed by atoms with Crippen LogP contribution in [0, 0.1) is 0 Å². The van der Waals surface area contributed by atoms with Crippen LogP contribution in [0.2, 0.25) is 0 Å². The van der Waals surface area contributed by atoms with Crippen LogP contribution >= 0.6 is 11.3 Å². The molecule has 1 aromatic heterocycles. The van der Waals surface area contributed by atoms with Crippen LogP contribution < -0.4 is 10.1 Å². The minimum atomic E-state index is -3.76. The number of benzene rings is 1. The highest BCUT2D eigenvalue weighted by molar-refractivity contribution is 7.96. The van der Waals surface area contributed by atoms with Crippen molar-refractivity contribution in [1.29, 1.82) is 0 Å². The number of hydrogen-bond donors (Lipinski definition) is 1. The maximum Gasteiger partial charge on any atom is 0.183 e. The summed E-state index contributed by atoms with van der Waals surface area (Å²) in [6, 6.07) is 9.40. The molecule has 6 nitrogen and oxygen atoms in total. The zero-order chi connectivity index (χ0) is 18.8. The van der Waals surface area contributed by atoms with Gasteiger partial charge in [0.15, 0.2) is 19.7 Å². The van der Waals surface area contributed by atoms with Gasteiger partial charge in [0.1, 0.15) is 5.75 Å². The molecule has 0 radical (unpaired) electrons. The van der Waals surface area contributed by atoms with E-state index in [2.05, 4.69) is 5.32 Å². The van der Waals surface area contributed by atoms with Crippen LogP contribution in [0.15, 0.2) is 46.7 Å². The first kappa shape index (κ1) is 19.3. The molecule has 1 aromatic carbocycles. The van der Waals surface area contributed by atoms with E-state index in [0.717, 1.165) is 6.42 Å². The van der Waals surface area contributed by atoms with Gasteiger partial charge in [-0.15, -0.1) is 11.3 Å². The smallest absolute Gasteiger partial charge is 0.183 e. The van der Waals surface area contributed by atoms with Crippen LogP contribution in [0.3, 0.4) is 0 Å². The van der Waals surface area contributed by atoms with Gasteiger partial charge in [0.25, 0.3) is 0 Å². The molecule has 2 unspecified atom stereocenters. The van der Waals surface area contributed by atoms with Gasteiger partial charge in [0, 0.05) is 17.5 Å². The zero-order valence-corrected chi connectivity index (χ0v) is 16.7. The normalized spacial score (nSPS) is 22.3. The second-order valence-electron chi connectivity index (χ2n) is 6.23. The molecule has 26 heavy (non-hydrogen) atoms. The number of nitrogens with one attached hydrogen (secondary N) is 1. The van der Waals surface area contributed by atoms with E-state index in [1.54, 1.807) is 23.5 Å². The number of rotatable bonds is 7. The first-order chi connectivity index (χ1) is 12.3. The molecular formula is C17H21NO5S3. The summed E-state index contributed by atoms with van der Waals surface area (Å²) < 4.78 is 55.2. The summed E-state index contributed by atoms with van der Waals surface area (Å²) in [7, 11) is -5.66. The molecule has 2 atom stereocenters. The van der Waals surface area contributed by atoms with Crippen LogP contribution in [-0.4, -0.2) is 53.3 Å².